The lowest BCUT2D eigenvalue weighted by Crippen LogP contribution is -2.55. The zero-order chi connectivity index (χ0) is 29.9. The molecule has 8 heteroatoms. The molecule has 0 unspecified atom stereocenters. The minimum atomic E-state index is -1.18. The summed E-state index contributed by atoms with van der Waals surface area (Å²) in [6, 6.07) is 22.8. The number of benzene rings is 3. The Morgan fingerprint density at radius 2 is 1.30 bits per heavy atom. The third-order valence-corrected chi connectivity index (χ3v) is 11.1. The van der Waals surface area contributed by atoms with Crippen molar-refractivity contribution >= 4 is 35.5 Å². The van der Waals surface area contributed by atoms with Gasteiger partial charge in [0.15, 0.2) is 0 Å². The van der Waals surface area contributed by atoms with E-state index in [1.54, 1.807) is 30.5 Å². The molecule has 0 aromatic heterocycles. The van der Waals surface area contributed by atoms with Crippen LogP contribution in [-0.4, -0.2) is 42.0 Å². The number of para-hydroxylation sites is 2. The fourth-order valence-electron chi connectivity index (χ4n) is 9.42. The fraction of sp³-hybridized carbons (Fsp3) is 0.306. The molecule has 11 rings (SSSR count). The number of carbonyl (C=O) groups excluding carboxylic acids is 4. The van der Waals surface area contributed by atoms with Crippen molar-refractivity contribution < 1.29 is 23.9 Å². The second-order valence-corrected chi connectivity index (χ2v) is 12.8. The van der Waals surface area contributed by atoms with Gasteiger partial charge in [-0.1, -0.05) is 72.8 Å². The number of allylic oxidation sites excluding steroid dienone is 2. The highest BCUT2D eigenvalue weighted by atomic mass is 16.5. The number of imide groups is 2. The predicted molar refractivity (Wildman–Crippen MR) is 161 cm³/mol. The summed E-state index contributed by atoms with van der Waals surface area (Å²) >= 11 is 0. The molecule has 2 saturated heterocycles. The van der Waals surface area contributed by atoms with E-state index in [2.05, 4.69) is 12.2 Å². The van der Waals surface area contributed by atoms with Crippen molar-refractivity contribution in [1.82, 2.24) is 5.01 Å². The summed E-state index contributed by atoms with van der Waals surface area (Å²) in [6.07, 6.45) is 7.59. The largest absolute Gasteiger partial charge is 0.495 e. The third-order valence-electron chi connectivity index (χ3n) is 11.1. The first-order chi connectivity index (χ1) is 21.5. The molecule has 8 nitrogen and oxygen atoms in total. The Balaban J connectivity index is 1.24. The van der Waals surface area contributed by atoms with Gasteiger partial charge < -0.3 is 4.74 Å². The molecule has 2 heterocycles. The predicted octanol–water partition coefficient (Wildman–Crippen LogP) is 4.43. The average molecular weight is 584 g/mol. The standard InChI is InChI=1S/C36H29N3O5/c1-44-26-13-7-6-12-25(26)38-32(40)30-29-21-8-2-4-10-23(21)36(31(30)35(38)43,24-11-5-3-9-22(24)29)18-37-39-33(41)27-19-14-15-20(17-16-19)28(27)34(39)42/h2-15,18-20,27-31H,16-17H2,1H3/b37-18-/t19-,20-,27+,28+,29?,30+,31-,36?/m0/s1. The summed E-state index contributed by atoms with van der Waals surface area (Å²) in [5, 5.41) is 5.78. The Labute approximate surface area is 254 Å². The van der Waals surface area contributed by atoms with Crippen LogP contribution in [0.15, 0.2) is 90.0 Å². The van der Waals surface area contributed by atoms with E-state index in [-0.39, 0.29) is 41.4 Å². The molecular weight excluding hydrogens is 554 g/mol. The highest BCUT2D eigenvalue weighted by molar-refractivity contribution is 6.25. The lowest BCUT2D eigenvalue weighted by Gasteiger charge is -2.52. The van der Waals surface area contributed by atoms with Crippen molar-refractivity contribution in [3.63, 3.8) is 0 Å². The number of hydrogen-bond acceptors (Lipinski definition) is 6. The summed E-state index contributed by atoms with van der Waals surface area (Å²) in [7, 11) is 1.52. The van der Waals surface area contributed by atoms with Gasteiger partial charge in [-0.05, 0) is 59.1 Å². The van der Waals surface area contributed by atoms with E-state index in [0.29, 0.717) is 11.4 Å². The number of carbonyl (C=O) groups is 4. The fourth-order valence-corrected chi connectivity index (χ4v) is 9.42. The van der Waals surface area contributed by atoms with E-state index in [1.165, 1.54) is 12.0 Å². The molecule has 3 aromatic carbocycles. The van der Waals surface area contributed by atoms with Gasteiger partial charge in [0.25, 0.3) is 11.8 Å². The van der Waals surface area contributed by atoms with Crippen LogP contribution in [0.4, 0.5) is 5.69 Å². The number of amides is 4. The molecule has 3 fully saturated rings. The van der Waals surface area contributed by atoms with E-state index >= 15 is 0 Å². The van der Waals surface area contributed by atoms with Crippen LogP contribution in [0.3, 0.4) is 0 Å². The molecular formula is C36H29N3O5. The maximum absolute atomic E-state index is 14.7. The Morgan fingerprint density at radius 3 is 1.89 bits per heavy atom. The zero-order valence-electron chi connectivity index (χ0n) is 24.0. The van der Waals surface area contributed by atoms with Crippen LogP contribution in [0, 0.1) is 35.5 Å². The van der Waals surface area contributed by atoms with Crippen LogP contribution in [0.2, 0.25) is 0 Å². The monoisotopic (exact) mass is 583 g/mol. The van der Waals surface area contributed by atoms with Gasteiger partial charge in [0.1, 0.15) is 5.75 Å². The maximum Gasteiger partial charge on any atom is 0.254 e. The molecule has 0 spiro atoms. The second-order valence-electron chi connectivity index (χ2n) is 12.8. The number of fused-ring (bicyclic) bond motifs is 1. The van der Waals surface area contributed by atoms with Gasteiger partial charge in [-0.15, -0.1) is 0 Å². The molecule has 0 N–H and O–H groups in total. The quantitative estimate of drug-likeness (QED) is 0.257. The Kier molecular flexibility index (Phi) is 5.15. The van der Waals surface area contributed by atoms with E-state index in [0.717, 1.165) is 40.1 Å². The number of hydrogen-bond donors (Lipinski definition) is 0. The number of anilines is 1. The van der Waals surface area contributed by atoms with Crippen molar-refractivity contribution in [2.24, 2.45) is 40.6 Å². The summed E-state index contributed by atoms with van der Waals surface area (Å²) in [5.74, 6) is -3.34. The van der Waals surface area contributed by atoms with Gasteiger partial charge in [0.05, 0.1) is 41.9 Å². The van der Waals surface area contributed by atoms with Crippen molar-refractivity contribution in [2.45, 2.75) is 24.2 Å². The number of hydrazone groups is 1. The van der Waals surface area contributed by atoms with E-state index in [9.17, 15) is 19.2 Å². The van der Waals surface area contributed by atoms with Gasteiger partial charge >= 0.3 is 0 Å². The van der Waals surface area contributed by atoms with Crippen LogP contribution < -0.4 is 9.64 Å². The summed E-state index contributed by atoms with van der Waals surface area (Å²) in [4.78, 5) is 58.0. The minimum Gasteiger partial charge on any atom is -0.495 e. The molecule has 6 aliphatic carbocycles. The lowest BCUT2D eigenvalue weighted by molar-refractivity contribution is -0.140. The first kappa shape index (κ1) is 25.6. The van der Waals surface area contributed by atoms with E-state index < -0.39 is 29.1 Å². The normalized spacial score (nSPS) is 34.1. The molecule has 2 aliphatic heterocycles. The van der Waals surface area contributed by atoms with Crippen molar-refractivity contribution in [1.29, 1.82) is 0 Å². The van der Waals surface area contributed by atoms with Crippen molar-refractivity contribution in [3.8, 4) is 5.75 Å². The number of ether oxygens (including phenoxy) is 1. The third kappa shape index (κ3) is 2.96. The zero-order valence-corrected chi connectivity index (χ0v) is 24.0. The molecule has 44 heavy (non-hydrogen) atoms. The Morgan fingerprint density at radius 1 is 0.727 bits per heavy atom. The van der Waals surface area contributed by atoms with E-state index in [4.69, 9.17) is 9.84 Å². The van der Waals surface area contributed by atoms with Gasteiger partial charge in [-0.3, -0.25) is 19.2 Å². The summed E-state index contributed by atoms with van der Waals surface area (Å²) in [6.45, 7) is 0. The van der Waals surface area contributed by atoms with Crippen LogP contribution in [0.5, 0.6) is 5.75 Å². The van der Waals surface area contributed by atoms with Gasteiger partial charge in [-0.25, -0.2) is 4.90 Å². The van der Waals surface area contributed by atoms with Crippen molar-refractivity contribution in [2.75, 3.05) is 12.0 Å². The molecule has 4 amide bonds. The van der Waals surface area contributed by atoms with Gasteiger partial charge in [0, 0.05) is 12.1 Å². The van der Waals surface area contributed by atoms with Crippen LogP contribution in [0.1, 0.15) is 41.0 Å². The highest BCUT2D eigenvalue weighted by Crippen LogP contribution is 2.64. The molecule has 218 valence electrons. The van der Waals surface area contributed by atoms with Gasteiger partial charge in [-0.2, -0.15) is 10.1 Å². The average Bonchev–Trinajstić information content (AvgIpc) is 3.50. The number of rotatable bonds is 4. The van der Waals surface area contributed by atoms with Crippen molar-refractivity contribution in [3.05, 3.63) is 107 Å². The van der Waals surface area contributed by atoms with Crippen LogP contribution >= 0.6 is 0 Å². The van der Waals surface area contributed by atoms with Gasteiger partial charge in [0.2, 0.25) is 11.8 Å². The molecule has 4 bridgehead atoms. The molecule has 0 radical (unpaired) electrons. The Hall–Kier alpha value is -4.85. The molecule has 3 aromatic rings. The maximum atomic E-state index is 14.7. The number of methoxy groups -OCH3 is 1. The minimum absolute atomic E-state index is 0.0409. The second kappa shape index (κ2) is 8.85. The molecule has 8 aliphatic rings. The van der Waals surface area contributed by atoms with Crippen LogP contribution in [0.25, 0.3) is 0 Å². The summed E-state index contributed by atoms with van der Waals surface area (Å²) < 4.78 is 5.57. The number of nitrogens with zero attached hydrogens (tertiary/aromatic N) is 3. The SMILES string of the molecule is COc1ccccc1N1C(=O)[C@@H]2C3c4ccccc4C(/C=N\N4C(=O)[C@H]5[C@H](C4=O)[C@H]4C=C[C@H]5CC4)(c4ccccc43)[C@@H]2C1=O. The highest BCUT2D eigenvalue weighted by Gasteiger charge is 2.68. The Bertz CT molecular complexity index is 1800. The summed E-state index contributed by atoms with van der Waals surface area (Å²) in [5.41, 5.74) is 2.87. The smallest absolute Gasteiger partial charge is 0.254 e. The first-order valence-corrected chi connectivity index (χ1v) is 15.3. The van der Waals surface area contributed by atoms with Crippen LogP contribution in [-0.2, 0) is 24.6 Å². The molecule has 6 atom stereocenters. The molecule has 1 saturated carbocycles. The van der Waals surface area contributed by atoms with E-state index in [1.807, 2.05) is 48.5 Å². The first-order valence-electron chi connectivity index (χ1n) is 15.3. The topological polar surface area (TPSA) is 96.3 Å². The lowest BCUT2D eigenvalue weighted by atomic mass is 9.47.